The summed E-state index contributed by atoms with van der Waals surface area (Å²) < 4.78 is 2.36. The minimum Gasteiger partial charge on any atom is -0.391 e. The predicted octanol–water partition coefficient (Wildman–Crippen LogP) is 5.59. The monoisotopic (exact) mass is 415 g/mol. The normalized spacial score (nSPS) is 10.1. The Labute approximate surface area is 181 Å². The lowest BCUT2D eigenvalue weighted by Crippen LogP contribution is -2.09. The smallest absolute Gasteiger partial charge is 0.152 e. The number of para-hydroxylation sites is 1. The standard InChI is InChI=1S/C20H27N5.C2H6.CH4S/c1-3-5-12-17-24-18-19(25(17)14-9-8-13-22-4-2)15-10-6-7-11-16(15)23-20(18)21;2*1-2/h4,6-7,10-11,22H,2-3,5,8-9,12-14H2,1H3,(H2,21,23);1-2H3;2H,1H3. The van der Waals surface area contributed by atoms with Crippen molar-refractivity contribution in [1.29, 1.82) is 0 Å². The van der Waals surface area contributed by atoms with E-state index in [9.17, 15) is 0 Å². The number of aromatic nitrogens is 3. The fourth-order valence-electron chi connectivity index (χ4n) is 3.27. The third-order valence-electron chi connectivity index (χ3n) is 4.54. The highest BCUT2D eigenvalue weighted by Gasteiger charge is 2.16. The van der Waals surface area contributed by atoms with Gasteiger partial charge in [-0.15, -0.1) is 0 Å². The maximum atomic E-state index is 6.22. The van der Waals surface area contributed by atoms with Crippen molar-refractivity contribution < 1.29 is 0 Å². The van der Waals surface area contributed by atoms with E-state index in [2.05, 4.69) is 53.1 Å². The molecule has 0 radical (unpaired) electrons. The van der Waals surface area contributed by atoms with Crippen molar-refractivity contribution in [3.05, 3.63) is 42.9 Å². The van der Waals surface area contributed by atoms with Gasteiger partial charge in [0, 0.05) is 24.9 Å². The van der Waals surface area contributed by atoms with E-state index in [1.54, 1.807) is 12.5 Å². The predicted molar refractivity (Wildman–Crippen MR) is 132 cm³/mol. The first-order valence-electron chi connectivity index (χ1n) is 10.6. The van der Waals surface area contributed by atoms with Crippen LogP contribution in [0.4, 0.5) is 5.82 Å². The molecule has 6 heteroatoms. The topological polar surface area (TPSA) is 68.8 Å². The molecular weight excluding hydrogens is 378 g/mol. The van der Waals surface area contributed by atoms with Crippen LogP contribution in [-0.2, 0) is 13.0 Å². The lowest BCUT2D eigenvalue weighted by atomic mass is 10.2. The van der Waals surface area contributed by atoms with Crippen LogP contribution in [-0.4, -0.2) is 27.3 Å². The summed E-state index contributed by atoms with van der Waals surface area (Å²) in [6.07, 6.45) is 8.88. The molecule has 0 spiro atoms. The van der Waals surface area contributed by atoms with Crippen molar-refractivity contribution in [1.82, 2.24) is 19.9 Å². The molecule has 29 heavy (non-hydrogen) atoms. The number of rotatable bonds is 9. The molecule has 3 aromatic rings. The molecule has 0 saturated heterocycles. The summed E-state index contributed by atoms with van der Waals surface area (Å²) in [5, 5.41) is 4.29. The third-order valence-corrected chi connectivity index (χ3v) is 4.54. The number of benzene rings is 1. The Morgan fingerprint density at radius 1 is 1.14 bits per heavy atom. The summed E-state index contributed by atoms with van der Waals surface area (Å²) >= 11 is 3.53. The van der Waals surface area contributed by atoms with Crippen molar-refractivity contribution >= 4 is 40.4 Å². The second kappa shape index (κ2) is 13.9. The number of thiol groups is 1. The van der Waals surface area contributed by atoms with E-state index < -0.39 is 0 Å². The summed E-state index contributed by atoms with van der Waals surface area (Å²) in [4.78, 5) is 9.40. The number of pyridine rings is 1. The first-order chi connectivity index (χ1) is 14.3. The molecule has 2 heterocycles. The number of aryl methyl sites for hydroxylation is 2. The number of unbranched alkanes of at least 4 members (excludes halogenated alkanes) is 2. The molecule has 0 aliphatic heterocycles. The Morgan fingerprint density at radius 2 is 1.86 bits per heavy atom. The summed E-state index contributed by atoms with van der Waals surface area (Å²) in [6, 6.07) is 8.18. The molecule has 1 aromatic carbocycles. The summed E-state index contributed by atoms with van der Waals surface area (Å²) in [5.41, 5.74) is 9.13. The summed E-state index contributed by atoms with van der Waals surface area (Å²) in [7, 11) is 0. The van der Waals surface area contributed by atoms with Gasteiger partial charge in [0.05, 0.1) is 11.0 Å². The van der Waals surface area contributed by atoms with Crippen LogP contribution in [0, 0.1) is 0 Å². The van der Waals surface area contributed by atoms with Crippen LogP contribution in [0.1, 0.15) is 52.3 Å². The highest BCUT2D eigenvalue weighted by molar-refractivity contribution is 7.79. The molecule has 0 unspecified atom stereocenters. The van der Waals surface area contributed by atoms with E-state index in [1.807, 2.05) is 26.0 Å². The number of hydrogen-bond acceptors (Lipinski definition) is 5. The molecule has 0 bridgehead atoms. The summed E-state index contributed by atoms with van der Waals surface area (Å²) in [6.45, 7) is 11.8. The largest absolute Gasteiger partial charge is 0.391 e. The molecule has 2 aromatic heterocycles. The minimum atomic E-state index is 0.526. The van der Waals surface area contributed by atoms with Crippen LogP contribution in [0.15, 0.2) is 37.0 Å². The molecule has 0 aliphatic carbocycles. The zero-order valence-corrected chi connectivity index (χ0v) is 19.3. The van der Waals surface area contributed by atoms with Crippen molar-refractivity contribution in [2.24, 2.45) is 0 Å². The fourth-order valence-corrected chi connectivity index (χ4v) is 3.27. The van der Waals surface area contributed by atoms with Gasteiger partial charge in [0.15, 0.2) is 5.82 Å². The van der Waals surface area contributed by atoms with E-state index in [1.165, 1.54) is 0 Å². The Bertz CT molecular complexity index is 872. The molecule has 160 valence electrons. The van der Waals surface area contributed by atoms with E-state index in [4.69, 9.17) is 10.7 Å². The lowest BCUT2D eigenvalue weighted by molar-refractivity contribution is 0.581. The van der Waals surface area contributed by atoms with Gasteiger partial charge < -0.3 is 15.6 Å². The average molecular weight is 416 g/mol. The van der Waals surface area contributed by atoms with Gasteiger partial charge in [-0.05, 0) is 37.8 Å². The number of fused-ring (bicyclic) bond motifs is 3. The van der Waals surface area contributed by atoms with Crippen LogP contribution in [0.2, 0.25) is 0 Å². The van der Waals surface area contributed by atoms with Crippen LogP contribution in [0.25, 0.3) is 21.9 Å². The first kappa shape index (κ1) is 24.8. The van der Waals surface area contributed by atoms with Crippen LogP contribution in [0.5, 0.6) is 0 Å². The van der Waals surface area contributed by atoms with Gasteiger partial charge in [0.25, 0.3) is 0 Å². The molecule has 3 N–H and O–H groups in total. The molecule has 0 aliphatic rings. The quantitative estimate of drug-likeness (QED) is 0.314. The molecule has 0 atom stereocenters. The van der Waals surface area contributed by atoms with Gasteiger partial charge in [-0.3, -0.25) is 0 Å². The van der Waals surface area contributed by atoms with Gasteiger partial charge in [-0.2, -0.15) is 12.6 Å². The molecular formula is C23H37N5S. The zero-order chi connectivity index (χ0) is 21.6. The van der Waals surface area contributed by atoms with Gasteiger partial charge >= 0.3 is 0 Å². The highest BCUT2D eigenvalue weighted by Crippen LogP contribution is 2.29. The number of imidazole rings is 1. The fraction of sp³-hybridized carbons (Fsp3) is 0.478. The van der Waals surface area contributed by atoms with Crippen molar-refractivity contribution in [3.8, 4) is 0 Å². The molecule has 0 amide bonds. The van der Waals surface area contributed by atoms with E-state index in [0.717, 1.165) is 73.0 Å². The average Bonchev–Trinajstić information content (AvgIpc) is 3.14. The molecule has 0 fully saturated rings. The van der Waals surface area contributed by atoms with Crippen molar-refractivity contribution in [2.45, 2.75) is 59.4 Å². The van der Waals surface area contributed by atoms with Crippen LogP contribution >= 0.6 is 12.6 Å². The number of anilines is 1. The van der Waals surface area contributed by atoms with Crippen molar-refractivity contribution in [3.63, 3.8) is 0 Å². The number of nitrogen functional groups attached to an aromatic ring is 1. The van der Waals surface area contributed by atoms with Gasteiger partial charge in [0.1, 0.15) is 11.3 Å². The van der Waals surface area contributed by atoms with Crippen LogP contribution < -0.4 is 11.1 Å². The Hall–Kier alpha value is -2.21. The Kier molecular flexibility index (Phi) is 11.9. The lowest BCUT2D eigenvalue weighted by Gasteiger charge is -2.11. The molecule has 5 nitrogen and oxygen atoms in total. The highest BCUT2D eigenvalue weighted by atomic mass is 32.1. The SMILES string of the molecule is C=CNCCCCn1c(CCCC)nc2c(N)nc3ccccc3c21.CC.CS. The van der Waals surface area contributed by atoms with Crippen LogP contribution in [0.3, 0.4) is 0 Å². The second-order valence-corrected chi connectivity index (χ2v) is 6.36. The maximum absolute atomic E-state index is 6.22. The Morgan fingerprint density at radius 3 is 2.55 bits per heavy atom. The molecule has 3 rings (SSSR count). The number of hydrogen-bond donors (Lipinski definition) is 3. The van der Waals surface area contributed by atoms with Gasteiger partial charge in [-0.25, -0.2) is 9.97 Å². The first-order valence-corrected chi connectivity index (χ1v) is 11.5. The van der Waals surface area contributed by atoms with Gasteiger partial charge in [-0.1, -0.05) is 52.0 Å². The van der Waals surface area contributed by atoms with Crippen molar-refractivity contribution in [2.75, 3.05) is 18.5 Å². The second-order valence-electron chi connectivity index (χ2n) is 6.36. The third kappa shape index (κ3) is 6.39. The van der Waals surface area contributed by atoms with E-state index >= 15 is 0 Å². The summed E-state index contributed by atoms with van der Waals surface area (Å²) in [5.74, 6) is 1.65. The number of nitrogens with zero attached hydrogens (tertiary/aromatic N) is 3. The van der Waals surface area contributed by atoms with E-state index in [-0.39, 0.29) is 0 Å². The maximum Gasteiger partial charge on any atom is 0.152 e. The zero-order valence-electron chi connectivity index (χ0n) is 18.4. The Balaban J connectivity index is 0.000000989. The van der Waals surface area contributed by atoms with Gasteiger partial charge in [0.2, 0.25) is 0 Å². The number of nitrogens with one attached hydrogen (secondary N) is 1. The van der Waals surface area contributed by atoms with E-state index in [0.29, 0.717) is 5.82 Å². The molecule has 0 saturated carbocycles. The number of nitrogens with two attached hydrogens (primary N) is 1. The minimum absolute atomic E-state index is 0.526.